The van der Waals surface area contributed by atoms with Crippen LogP contribution in [0.4, 0.5) is 0 Å². The summed E-state index contributed by atoms with van der Waals surface area (Å²) < 4.78 is 2.89. The first-order chi connectivity index (χ1) is 4.24. The largest absolute Gasteiger partial charge is 0.390 e. The van der Waals surface area contributed by atoms with Gasteiger partial charge in [0.15, 0.2) is 0 Å². The maximum Gasteiger partial charge on any atom is 0.0833 e. The molecule has 1 aromatic heterocycles. The molecule has 1 rings (SSSR count). The number of aliphatic hydroxyl groups excluding tert-OH is 1. The SMILES string of the molecule is Cn1cc(Br)cc1CO. The molecular formula is C6H8BrNO. The average molecular weight is 190 g/mol. The van der Waals surface area contributed by atoms with E-state index in [4.69, 9.17) is 5.11 Å². The van der Waals surface area contributed by atoms with Crippen molar-refractivity contribution in [1.82, 2.24) is 4.57 Å². The fourth-order valence-electron chi connectivity index (χ4n) is 0.723. The molecule has 0 bridgehead atoms. The predicted octanol–water partition coefficient (Wildman–Crippen LogP) is 1.28. The van der Waals surface area contributed by atoms with Gasteiger partial charge in [-0.3, -0.25) is 0 Å². The van der Waals surface area contributed by atoms with Crippen LogP contribution in [0.1, 0.15) is 5.69 Å². The highest BCUT2D eigenvalue weighted by Crippen LogP contribution is 2.12. The predicted molar refractivity (Wildman–Crippen MR) is 39.0 cm³/mol. The molecule has 0 saturated heterocycles. The highest BCUT2D eigenvalue weighted by Gasteiger charge is 1.96. The smallest absolute Gasteiger partial charge is 0.0833 e. The molecule has 0 unspecified atom stereocenters. The van der Waals surface area contributed by atoms with Crippen LogP contribution in [-0.4, -0.2) is 9.67 Å². The zero-order chi connectivity index (χ0) is 6.85. The van der Waals surface area contributed by atoms with E-state index in [1.165, 1.54) is 0 Å². The lowest BCUT2D eigenvalue weighted by Gasteiger charge is -1.94. The van der Waals surface area contributed by atoms with E-state index in [2.05, 4.69) is 15.9 Å². The Bertz CT molecular complexity index is 207. The Balaban J connectivity index is 3.01. The van der Waals surface area contributed by atoms with Crippen LogP contribution < -0.4 is 0 Å². The molecule has 1 aromatic rings. The van der Waals surface area contributed by atoms with Crippen LogP contribution in [0.2, 0.25) is 0 Å². The zero-order valence-corrected chi connectivity index (χ0v) is 6.72. The highest BCUT2D eigenvalue weighted by molar-refractivity contribution is 9.10. The number of aromatic nitrogens is 1. The normalized spacial score (nSPS) is 10.1. The molecule has 0 saturated carbocycles. The Kier molecular flexibility index (Phi) is 1.93. The molecular weight excluding hydrogens is 182 g/mol. The van der Waals surface area contributed by atoms with Gasteiger partial charge in [-0.1, -0.05) is 0 Å². The minimum Gasteiger partial charge on any atom is -0.390 e. The first-order valence-corrected chi connectivity index (χ1v) is 3.45. The van der Waals surface area contributed by atoms with Gasteiger partial charge in [0.05, 0.1) is 6.61 Å². The van der Waals surface area contributed by atoms with Crippen molar-refractivity contribution >= 4 is 15.9 Å². The lowest BCUT2D eigenvalue weighted by Crippen LogP contribution is -1.92. The van der Waals surface area contributed by atoms with Crippen molar-refractivity contribution in [2.75, 3.05) is 0 Å². The van der Waals surface area contributed by atoms with Crippen LogP contribution in [0.15, 0.2) is 16.7 Å². The van der Waals surface area contributed by atoms with Crippen molar-refractivity contribution in [1.29, 1.82) is 0 Å². The van der Waals surface area contributed by atoms with E-state index in [1.54, 1.807) is 0 Å². The van der Waals surface area contributed by atoms with E-state index in [0.29, 0.717) is 0 Å². The summed E-state index contributed by atoms with van der Waals surface area (Å²) in [7, 11) is 1.90. The van der Waals surface area contributed by atoms with E-state index < -0.39 is 0 Å². The van der Waals surface area contributed by atoms with Gasteiger partial charge in [0.1, 0.15) is 0 Å². The number of aryl methyl sites for hydroxylation is 1. The maximum atomic E-state index is 8.69. The summed E-state index contributed by atoms with van der Waals surface area (Å²) in [6.07, 6.45) is 1.91. The van der Waals surface area contributed by atoms with Gasteiger partial charge >= 0.3 is 0 Å². The summed E-state index contributed by atoms with van der Waals surface area (Å²) >= 11 is 3.29. The molecule has 0 spiro atoms. The van der Waals surface area contributed by atoms with Gasteiger partial charge in [-0.15, -0.1) is 0 Å². The number of hydrogen-bond donors (Lipinski definition) is 1. The number of rotatable bonds is 1. The first-order valence-electron chi connectivity index (χ1n) is 2.65. The third-order valence-corrected chi connectivity index (χ3v) is 1.67. The molecule has 0 aliphatic rings. The fraction of sp³-hybridized carbons (Fsp3) is 0.333. The minimum atomic E-state index is 0.0993. The van der Waals surface area contributed by atoms with Crippen molar-refractivity contribution in [3.05, 3.63) is 22.4 Å². The third kappa shape index (κ3) is 1.34. The van der Waals surface area contributed by atoms with E-state index in [1.807, 2.05) is 23.9 Å². The van der Waals surface area contributed by atoms with E-state index in [-0.39, 0.29) is 6.61 Å². The summed E-state index contributed by atoms with van der Waals surface area (Å²) in [5.41, 5.74) is 0.918. The van der Waals surface area contributed by atoms with Gasteiger partial charge < -0.3 is 9.67 Å². The van der Waals surface area contributed by atoms with Gasteiger partial charge in [-0.25, -0.2) is 0 Å². The second-order valence-electron chi connectivity index (χ2n) is 1.92. The summed E-state index contributed by atoms with van der Waals surface area (Å²) in [6, 6.07) is 1.89. The van der Waals surface area contributed by atoms with Crippen LogP contribution in [-0.2, 0) is 13.7 Å². The molecule has 1 heterocycles. The molecule has 2 nitrogen and oxygen atoms in total. The molecule has 0 radical (unpaired) electrons. The molecule has 0 amide bonds. The summed E-state index contributed by atoms with van der Waals surface area (Å²) in [5.74, 6) is 0. The minimum absolute atomic E-state index is 0.0993. The molecule has 3 heteroatoms. The lowest BCUT2D eigenvalue weighted by atomic mass is 10.5. The summed E-state index contributed by atoms with van der Waals surface area (Å²) in [6.45, 7) is 0.0993. The van der Waals surface area contributed by atoms with Gasteiger partial charge in [-0.05, 0) is 22.0 Å². The molecule has 1 N–H and O–H groups in total. The molecule has 0 fully saturated rings. The second-order valence-corrected chi connectivity index (χ2v) is 2.83. The van der Waals surface area contributed by atoms with E-state index >= 15 is 0 Å². The maximum absolute atomic E-state index is 8.69. The lowest BCUT2D eigenvalue weighted by molar-refractivity contribution is 0.273. The monoisotopic (exact) mass is 189 g/mol. The fourth-order valence-corrected chi connectivity index (χ4v) is 1.29. The van der Waals surface area contributed by atoms with Crippen molar-refractivity contribution in [2.24, 2.45) is 7.05 Å². The summed E-state index contributed by atoms with van der Waals surface area (Å²) in [5, 5.41) is 8.69. The van der Waals surface area contributed by atoms with Crippen LogP contribution in [0, 0.1) is 0 Å². The van der Waals surface area contributed by atoms with Crippen LogP contribution in [0.3, 0.4) is 0 Å². The number of hydrogen-bond acceptors (Lipinski definition) is 1. The highest BCUT2D eigenvalue weighted by atomic mass is 79.9. The van der Waals surface area contributed by atoms with E-state index in [9.17, 15) is 0 Å². The van der Waals surface area contributed by atoms with Crippen molar-refractivity contribution in [2.45, 2.75) is 6.61 Å². The van der Waals surface area contributed by atoms with Crippen LogP contribution in [0.25, 0.3) is 0 Å². The third-order valence-electron chi connectivity index (χ3n) is 1.24. The molecule has 9 heavy (non-hydrogen) atoms. The van der Waals surface area contributed by atoms with Gasteiger partial charge in [0, 0.05) is 23.4 Å². The van der Waals surface area contributed by atoms with Gasteiger partial charge in [0.25, 0.3) is 0 Å². The van der Waals surface area contributed by atoms with Crippen molar-refractivity contribution in [3.8, 4) is 0 Å². The van der Waals surface area contributed by atoms with Gasteiger partial charge in [-0.2, -0.15) is 0 Å². The molecule has 0 aromatic carbocycles. The Labute approximate surface area is 62.2 Å². The second kappa shape index (κ2) is 2.54. The number of nitrogens with zero attached hydrogens (tertiary/aromatic N) is 1. The Morgan fingerprint density at radius 1 is 1.78 bits per heavy atom. The van der Waals surface area contributed by atoms with Crippen molar-refractivity contribution in [3.63, 3.8) is 0 Å². The average Bonchev–Trinajstić information content (AvgIpc) is 2.10. The van der Waals surface area contributed by atoms with Crippen LogP contribution >= 0.6 is 15.9 Å². The van der Waals surface area contributed by atoms with E-state index in [0.717, 1.165) is 10.2 Å². The molecule has 0 aliphatic carbocycles. The molecule has 0 aliphatic heterocycles. The zero-order valence-electron chi connectivity index (χ0n) is 5.13. The van der Waals surface area contributed by atoms with Crippen LogP contribution in [0.5, 0.6) is 0 Å². The van der Waals surface area contributed by atoms with Gasteiger partial charge in [0.2, 0.25) is 0 Å². The Morgan fingerprint density at radius 2 is 2.44 bits per heavy atom. The standard InChI is InChI=1S/C6H8BrNO/c1-8-3-5(7)2-6(8)4-9/h2-3,9H,4H2,1H3. The number of halogens is 1. The Hall–Kier alpha value is -0.280. The Morgan fingerprint density at radius 3 is 2.67 bits per heavy atom. The molecule has 0 atom stereocenters. The summed E-state index contributed by atoms with van der Waals surface area (Å²) in [4.78, 5) is 0. The topological polar surface area (TPSA) is 25.2 Å². The quantitative estimate of drug-likeness (QED) is 0.708. The first kappa shape index (κ1) is 6.83. The van der Waals surface area contributed by atoms with Crippen molar-refractivity contribution < 1.29 is 5.11 Å². The number of aliphatic hydroxyl groups is 1. The molecule has 50 valence electrons.